The van der Waals surface area contributed by atoms with Crippen LogP contribution in [-0.2, 0) is 19.2 Å². The van der Waals surface area contributed by atoms with E-state index in [-0.39, 0.29) is 75.6 Å². The van der Waals surface area contributed by atoms with Gasteiger partial charge in [0.25, 0.3) is 0 Å². The molecule has 4 amide bonds. The average molecular weight is 420 g/mol. The van der Waals surface area contributed by atoms with Gasteiger partial charge < -0.3 is 19.7 Å². The van der Waals surface area contributed by atoms with Gasteiger partial charge in [-0.2, -0.15) is 0 Å². The number of β-amino-alcohol motifs (C(OH)–C–C–N with tert-alkyl or cyclic N) is 2. The van der Waals surface area contributed by atoms with E-state index in [2.05, 4.69) is 0 Å². The summed E-state index contributed by atoms with van der Waals surface area (Å²) in [6.07, 6.45) is -1.31. The second-order valence-electron chi connectivity index (χ2n) is 7.20. The molecule has 2 atom stereocenters. The summed E-state index contributed by atoms with van der Waals surface area (Å²) in [4.78, 5) is 48.3. The smallest absolute Gasteiger partial charge is 0.229 e. The first-order valence-corrected chi connectivity index (χ1v) is 9.71. The van der Waals surface area contributed by atoms with E-state index >= 15 is 0 Å². The predicted octanol–water partition coefficient (Wildman–Crippen LogP) is -0.536. The van der Waals surface area contributed by atoms with E-state index in [0.29, 0.717) is 11.5 Å². The van der Waals surface area contributed by atoms with E-state index in [1.165, 1.54) is 0 Å². The van der Waals surface area contributed by atoms with Gasteiger partial charge in [0.1, 0.15) is 36.9 Å². The normalized spacial score (nSPS) is 18.9. The van der Waals surface area contributed by atoms with Gasteiger partial charge >= 0.3 is 0 Å². The zero-order chi connectivity index (χ0) is 21.7. The Morgan fingerprint density at radius 3 is 1.27 bits per heavy atom. The molecule has 2 fully saturated rings. The van der Waals surface area contributed by atoms with Crippen molar-refractivity contribution in [2.75, 3.05) is 26.3 Å². The van der Waals surface area contributed by atoms with Crippen LogP contribution in [0.3, 0.4) is 0 Å². The molecular weight excluding hydrogens is 396 g/mol. The molecule has 1 aromatic rings. The zero-order valence-electron chi connectivity index (χ0n) is 16.4. The monoisotopic (exact) mass is 420 g/mol. The third-order valence-electron chi connectivity index (χ3n) is 4.80. The lowest BCUT2D eigenvalue weighted by Gasteiger charge is -2.19. The summed E-state index contributed by atoms with van der Waals surface area (Å²) in [6, 6.07) is 6.42. The van der Waals surface area contributed by atoms with E-state index in [9.17, 15) is 29.4 Å². The third kappa shape index (κ3) is 5.55. The summed E-state index contributed by atoms with van der Waals surface area (Å²) in [7, 11) is 0. The highest BCUT2D eigenvalue weighted by Crippen LogP contribution is 2.19. The fourth-order valence-electron chi connectivity index (χ4n) is 3.20. The summed E-state index contributed by atoms with van der Waals surface area (Å²) in [6.45, 7) is -0.376. The third-order valence-corrected chi connectivity index (χ3v) is 4.80. The Bertz CT molecular complexity index is 711. The van der Waals surface area contributed by atoms with Gasteiger partial charge in [-0.05, 0) is 24.3 Å². The van der Waals surface area contributed by atoms with Gasteiger partial charge in [-0.15, -0.1) is 0 Å². The fraction of sp³-hybridized carbons (Fsp3) is 0.500. The van der Waals surface area contributed by atoms with Crippen LogP contribution in [0, 0.1) is 0 Å². The fourth-order valence-corrected chi connectivity index (χ4v) is 3.20. The molecule has 2 aliphatic rings. The molecule has 2 saturated heterocycles. The van der Waals surface area contributed by atoms with Crippen molar-refractivity contribution < 1.29 is 38.9 Å². The number of likely N-dealkylation sites (tertiary alicyclic amines) is 2. The molecule has 162 valence electrons. The SMILES string of the molecule is O=C1CCC(=O)N1C[C@H](O)COc1ccc(OC[C@@H](O)CN2C(=O)CCC2=O)cc1. The summed E-state index contributed by atoms with van der Waals surface area (Å²) >= 11 is 0. The van der Waals surface area contributed by atoms with Crippen LogP contribution in [-0.4, -0.2) is 82.2 Å². The minimum atomic E-state index is -1.00. The number of amides is 4. The number of carbonyl (C=O) groups is 4. The van der Waals surface area contributed by atoms with Crippen molar-refractivity contribution in [3.8, 4) is 11.5 Å². The Labute approximate surface area is 173 Å². The van der Waals surface area contributed by atoms with Crippen LogP contribution in [0.4, 0.5) is 0 Å². The molecule has 0 unspecified atom stereocenters. The van der Waals surface area contributed by atoms with Gasteiger partial charge in [0.05, 0.1) is 13.1 Å². The second-order valence-corrected chi connectivity index (χ2v) is 7.20. The molecule has 2 aliphatic heterocycles. The van der Waals surface area contributed by atoms with E-state index in [1.807, 2.05) is 0 Å². The van der Waals surface area contributed by atoms with Gasteiger partial charge in [0, 0.05) is 25.7 Å². The molecule has 30 heavy (non-hydrogen) atoms. The van der Waals surface area contributed by atoms with Gasteiger partial charge in [-0.25, -0.2) is 0 Å². The highest BCUT2D eigenvalue weighted by molar-refractivity contribution is 6.02. The van der Waals surface area contributed by atoms with Crippen LogP contribution < -0.4 is 9.47 Å². The number of carbonyl (C=O) groups excluding carboxylic acids is 4. The number of rotatable bonds is 10. The Balaban J connectivity index is 1.39. The number of aliphatic hydroxyl groups excluding tert-OH is 2. The Hall–Kier alpha value is -2.98. The lowest BCUT2D eigenvalue weighted by Crippen LogP contribution is -2.38. The summed E-state index contributed by atoms with van der Waals surface area (Å²) in [5.41, 5.74) is 0. The summed E-state index contributed by atoms with van der Waals surface area (Å²) in [5.74, 6) is -0.256. The average Bonchev–Trinajstić information content (AvgIpc) is 3.21. The Kier molecular flexibility index (Phi) is 7.01. The second kappa shape index (κ2) is 9.68. The standard InChI is InChI=1S/C20H24N2O8/c23-13(9-21-17(25)5-6-18(21)26)11-29-15-1-2-16(4-3-15)30-12-14(24)10-22-19(27)7-8-20(22)28/h1-4,13-14,23-24H,5-12H2/t13-,14-/m0/s1. The summed E-state index contributed by atoms with van der Waals surface area (Å²) in [5, 5.41) is 20.0. The molecule has 1 aromatic carbocycles. The number of hydrogen-bond acceptors (Lipinski definition) is 8. The molecule has 0 aromatic heterocycles. The number of imide groups is 2. The van der Waals surface area contributed by atoms with Crippen molar-refractivity contribution in [3.63, 3.8) is 0 Å². The maximum absolute atomic E-state index is 11.6. The number of aliphatic hydroxyl groups is 2. The highest BCUT2D eigenvalue weighted by Gasteiger charge is 2.31. The number of hydrogen-bond donors (Lipinski definition) is 2. The van der Waals surface area contributed by atoms with Gasteiger partial charge in [0.2, 0.25) is 23.6 Å². The van der Waals surface area contributed by atoms with Crippen LogP contribution in [0.15, 0.2) is 24.3 Å². The highest BCUT2D eigenvalue weighted by atomic mass is 16.5. The van der Waals surface area contributed by atoms with Crippen molar-refractivity contribution in [3.05, 3.63) is 24.3 Å². The van der Waals surface area contributed by atoms with Crippen molar-refractivity contribution >= 4 is 23.6 Å². The van der Waals surface area contributed by atoms with E-state index in [1.54, 1.807) is 24.3 Å². The lowest BCUT2D eigenvalue weighted by molar-refractivity contribution is -0.141. The van der Waals surface area contributed by atoms with E-state index in [4.69, 9.17) is 9.47 Å². The summed E-state index contributed by atoms with van der Waals surface area (Å²) < 4.78 is 10.9. The van der Waals surface area contributed by atoms with Crippen LogP contribution in [0.25, 0.3) is 0 Å². The van der Waals surface area contributed by atoms with Crippen molar-refractivity contribution in [1.29, 1.82) is 0 Å². The van der Waals surface area contributed by atoms with Crippen LogP contribution in [0.5, 0.6) is 11.5 Å². The molecule has 0 radical (unpaired) electrons. The maximum Gasteiger partial charge on any atom is 0.229 e. The first kappa shape index (κ1) is 21.7. The van der Waals surface area contributed by atoms with Crippen molar-refractivity contribution in [2.24, 2.45) is 0 Å². The minimum absolute atomic E-state index is 0.0894. The predicted molar refractivity (Wildman–Crippen MR) is 101 cm³/mol. The largest absolute Gasteiger partial charge is 0.491 e. The van der Waals surface area contributed by atoms with Crippen LogP contribution >= 0.6 is 0 Å². The van der Waals surface area contributed by atoms with Crippen molar-refractivity contribution in [1.82, 2.24) is 9.80 Å². The number of nitrogens with zero attached hydrogens (tertiary/aromatic N) is 2. The van der Waals surface area contributed by atoms with E-state index < -0.39 is 12.2 Å². The van der Waals surface area contributed by atoms with Crippen molar-refractivity contribution in [2.45, 2.75) is 37.9 Å². The number of benzene rings is 1. The van der Waals surface area contributed by atoms with E-state index in [0.717, 1.165) is 9.80 Å². The molecule has 0 spiro atoms. The molecule has 3 rings (SSSR count). The minimum Gasteiger partial charge on any atom is -0.491 e. The number of ether oxygens (including phenoxy) is 2. The van der Waals surface area contributed by atoms with Gasteiger partial charge in [-0.1, -0.05) is 0 Å². The van der Waals surface area contributed by atoms with Gasteiger partial charge in [-0.3, -0.25) is 29.0 Å². The molecular formula is C20H24N2O8. The molecule has 0 saturated carbocycles. The van der Waals surface area contributed by atoms with Gasteiger partial charge in [0.15, 0.2) is 0 Å². The maximum atomic E-state index is 11.6. The molecule has 10 nitrogen and oxygen atoms in total. The topological polar surface area (TPSA) is 134 Å². The van der Waals surface area contributed by atoms with Crippen LogP contribution in [0.2, 0.25) is 0 Å². The zero-order valence-corrected chi connectivity index (χ0v) is 16.4. The van der Waals surface area contributed by atoms with Crippen LogP contribution in [0.1, 0.15) is 25.7 Å². The Morgan fingerprint density at radius 2 is 0.967 bits per heavy atom. The lowest BCUT2D eigenvalue weighted by atomic mass is 10.3. The quantitative estimate of drug-likeness (QED) is 0.482. The molecule has 0 bridgehead atoms. The molecule has 10 heteroatoms. The first-order chi connectivity index (χ1) is 14.3. The Morgan fingerprint density at radius 1 is 0.667 bits per heavy atom. The molecule has 0 aliphatic carbocycles. The molecule has 2 N–H and O–H groups in total. The molecule has 2 heterocycles. The first-order valence-electron chi connectivity index (χ1n) is 9.71.